The fraction of sp³-hybridized carbons (Fsp3) is 0.389. The number of benzene rings is 1. The fourth-order valence-electron chi connectivity index (χ4n) is 2.68. The van der Waals surface area contributed by atoms with Crippen molar-refractivity contribution in [2.24, 2.45) is 7.05 Å². The van der Waals surface area contributed by atoms with Crippen LogP contribution in [0.5, 0.6) is 5.75 Å². The van der Waals surface area contributed by atoms with Crippen LogP contribution in [0.25, 0.3) is 11.0 Å². The Morgan fingerprint density at radius 2 is 1.96 bits per heavy atom. The van der Waals surface area contributed by atoms with Crippen LogP contribution in [0.1, 0.15) is 12.0 Å². The lowest BCUT2D eigenvalue weighted by Crippen LogP contribution is -2.11. The molecule has 8 heteroatoms. The predicted molar refractivity (Wildman–Crippen MR) is 102 cm³/mol. The maximum absolute atomic E-state index is 5.41. The highest BCUT2D eigenvalue weighted by atomic mass is 16.5. The first-order chi connectivity index (χ1) is 12.7. The van der Waals surface area contributed by atoms with E-state index in [-0.39, 0.29) is 0 Å². The van der Waals surface area contributed by atoms with Crippen molar-refractivity contribution >= 4 is 22.8 Å². The maximum atomic E-state index is 5.41. The van der Waals surface area contributed by atoms with Crippen molar-refractivity contribution in [3.63, 3.8) is 0 Å². The van der Waals surface area contributed by atoms with Crippen molar-refractivity contribution in [1.82, 2.24) is 19.7 Å². The average molecular weight is 356 g/mol. The number of para-hydroxylation sites is 1. The second kappa shape index (κ2) is 8.48. The molecule has 0 fully saturated rings. The topological polar surface area (TPSA) is 86.1 Å². The monoisotopic (exact) mass is 356 g/mol. The largest absolute Gasteiger partial charge is 0.496 e. The Kier molecular flexibility index (Phi) is 5.85. The van der Waals surface area contributed by atoms with Crippen LogP contribution in [0.4, 0.5) is 11.8 Å². The van der Waals surface area contributed by atoms with Crippen molar-refractivity contribution in [2.75, 3.05) is 38.0 Å². The third kappa shape index (κ3) is 4.02. The molecule has 26 heavy (non-hydrogen) atoms. The Hall–Kier alpha value is -2.87. The van der Waals surface area contributed by atoms with Gasteiger partial charge in [-0.2, -0.15) is 15.1 Å². The summed E-state index contributed by atoms with van der Waals surface area (Å²) in [6, 6.07) is 7.91. The number of hydrogen-bond donors (Lipinski definition) is 2. The predicted octanol–water partition coefficient (Wildman–Crippen LogP) is 2.43. The third-order valence-electron chi connectivity index (χ3n) is 4.04. The molecule has 0 amide bonds. The summed E-state index contributed by atoms with van der Waals surface area (Å²) >= 11 is 0. The van der Waals surface area contributed by atoms with Gasteiger partial charge in [0.1, 0.15) is 11.6 Å². The second-order valence-electron chi connectivity index (χ2n) is 5.84. The molecule has 0 spiro atoms. The number of aromatic nitrogens is 4. The molecule has 0 saturated heterocycles. The van der Waals surface area contributed by atoms with E-state index in [0.29, 0.717) is 19.1 Å². The van der Waals surface area contributed by atoms with Gasteiger partial charge in [0.15, 0.2) is 5.65 Å². The van der Waals surface area contributed by atoms with Crippen LogP contribution >= 0.6 is 0 Å². The van der Waals surface area contributed by atoms with Gasteiger partial charge in [-0.25, -0.2) is 0 Å². The Balaban J connectivity index is 1.81. The Morgan fingerprint density at radius 3 is 2.77 bits per heavy atom. The van der Waals surface area contributed by atoms with E-state index in [2.05, 4.69) is 25.7 Å². The minimum atomic E-state index is 0.569. The third-order valence-corrected chi connectivity index (χ3v) is 4.04. The Bertz CT molecular complexity index is 864. The molecule has 0 aliphatic rings. The number of ether oxygens (including phenoxy) is 2. The zero-order valence-electron chi connectivity index (χ0n) is 15.3. The van der Waals surface area contributed by atoms with E-state index >= 15 is 0 Å². The van der Waals surface area contributed by atoms with Crippen LogP contribution in [0.15, 0.2) is 30.5 Å². The van der Waals surface area contributed by atoms with Gasteiger partial charge >= 0.3 is 0 Å². The molecule has 0 aliphatic carbocycles. The normalized spacial score (nSPS) is 10.9. The number of anilines is 2. The average Bonchev–Trinajstić information content (AvgIpc) is 3.04. The number of rotatable bonds is 9. The lowest BCUT2D eigenvalue weighted by Gasteiger charge is -2.12. The van der Waals surface area contributed by atoms with Gasteiger partial charge in [0.25, 0.3) is 0 Å². The molecule has 0 unspecified atom stereocenters. The summed E-state index contributed by atoms with van der Waals surface area (Å²) in [5.74, 6) is 2.15. The van der Waals surface area contributed by atoms with Crippen LogP contribution in [0, 0.1) is 0 Å². The van der Waals surface area contributed by atoms with E-state index in [0.717, 1.165) is 41.1 Å². The highest BCUT2D eigenvalue weighted by molar-refractivity contribution is 5.87. The molecule has 0 radical (unpaired) electrons. The van der Waals surface area contributed by atoms with E-state index in [9.17, 15) is 0 Å². The second-order valence-corrected chi connectivity index (χ2v) is 5.84. The zero-order valence-corrected chi connectivity index (χ0v) is 15.3. The van der Waals surface area contributed by atoms with Crippen LogP contribution < -0.4 is 15.4 Å². The SMILES string of the molecule is COCCCNc1nc(NCc2ccccc2OC)c2cnn(C)c2n1. The van der Waals surface area contributed by atoms with Crippen molar-refractivity contribution in [3.05, 3.63) is 36.0 Å². The molecular formula is C18H24N6O2. The van der Waals surface area contributed by atoms with E-state index in [1.807, 2.05) is 31.3 Å². The molecule has 3 aromatic rings. The number of methoxy groups -OCH3 is 2. The molecular weight excluding hydrogens is 332 g/mol. The van der Waals surface area contributed by atoms with Crippen molar-refractivity contribution < 1.29 is 9.47 Å². The summed E-state index contributed by atoms with van der Waals surface area (Å²) in [6.07, 6.45) is 2.65. The standard InChI is InChI=1S/C18H24N6O2/c1-24-17-14(12-21-24)16(22-18(23-17)19-9-6-10-25-2)20-11-13-7-4-5-8-15(13)26-3/h4-5,7-8,12H,6,9-11H2,1-3H3,(H2,19,20,22,23). The fourth-order valence-corrected chi connectivity index (χ4v) is 2.68. The molecule has 0 atom stereocenters. The van der Waals surface area contributed by atoms with Crippen molar-refractivity contribution in [1.29, 1.82) is 0 Å². The maximum Gasteiger partial charge on any atom is 0.226 e. The zero-order chi connectivity index (χ0) is 18.4. The van der Waals surface area contributed by atoms with Gasteiger partial charge in [0, 0.05) is 39.4 Å². The summed E-state index contributed by atoms with van der Waals surface area (Å²) < 4.78 is 12.2. The van der Waals surface area contributed by atoms with E-state index in [1.165, 1.54) is 0 Å². The summed E-state index contributed by atoms with van der Waals surface area (Å²) in [7, 11) is 5.23. The first-order valence-corrected chi connectivity index (χ1v) is 8.51. The lowest BCUT2D eigenvalue weighted by atomic mass is 10.2. The Morgan fingerprint density at radius 1 is 1.12 bits per heavy atom. The quantitative estimate of drug-likeness (QED) is 0.570. The van der Waals surface area contributed by atoms with Crippen LogP contribution in [-0.4, -0.2) is 47.1 Å². The van der Waals surface area contributed by atoms with Gasteiger partial charge in [-0.1, -0.05) is 18.2 Å². The highest BCUT2D eigenvalue weighted by Gasteiger charge is 2.12. The minimum Gasteiger partial charge on any atom is -0.496 e. The van der Waals surface area contributed by atoms with Crippen molar-refractivity contribution in [2.45, 2.75) is 13.0 Å². The molecule has 8 nitrogen and oxygen atoms in total. The van der Waals surface area contributed by atoms with Gasteiger partial charge in [-0.3, -0.25) is 4.68 Å². The molecule has 0 aliphatic heterocycles. The summed E-state index contributed by atoms with van der Waals surface area (Å²) in [6.45, 7) is 2.02. The molecule has 2 heterocycles. The van der Waals surface area contributed by atoms with Gasteiger partial charge in [-0.05, 0) is 12.5 Å². The molecule has 138 valence electrons. The number of nitrogens with one attached hydrogen (secondary N) is 2. The van der Waals surface area contributed by atoms with Crippen LogP contribution in [0.3, 0.4) is 0 Å². The molecule has 2 aromatic heterocycles. The lowest BCUT2D eigenvalue weighted by molar-refractivity contribution is 0.197. The molecule has 0 saturated carbocycles. The first-order valence-electron chi connectivity index (χ1n) is 8.51. The van der Waals surface area contributed by atoms with Crippen molar-refractivity contribution in [3.8, 4) is 5.75 Å². The minimum absolute atomic E-state index is 0.569. The molecule has 2 N–H and O–H groups in total. The van der Waals surface area contributed by atoms with E-state index in [1.54, 1.807) is 25.1 Å². The van der Waals surface area contributed by atoms with Crippen LogP contribution in [-0.2, 0) is 18.3 Å². The Labute approximate surface area is 152 Å². The summed E-state index contributed by atoms with van der Waals surface area (Å²) in [5.41, 5.74) is 1.83. The van der Waals surface area contributed by atoms with E-state index in [4.69, 9.17) is 9.47 Å². The van der Waals surface area contributed by atoms with Gasteiger partial charge < -0.3 is 20.1 Å². The highest BCUT2D eigenvalue weighted by Crippen LogP contribution is 2.24. The molecule has 1 aromatic carbocycles. The number of fused-ring (bicyclic) bond motifs is 1. The van der Waals surface area contributed by atoms with Gasteiger partial charge in [-0.15, -0.1) is 0 Å². The number of aryl methyl sites for hydroxylation is 1. The summed E-state index contributed by atoms with van der Waals surface area (Å²) in [4.78, 5) is 9.17. The number of hydrogen-bond acceptors (Lipinski definition) is 7. The summed E-state index contributed by atoms with van der Waals surface area (Å²) in [5, 5.41) is 11.8. The van der Waals surface area contributed by atoms with Crippen LogP contribution in [0.2, 0.25) is 0 Å². The van der Waals surface area contributed by atoms with Gasteiger partial charge in [0.2, 0.25) is 5.95 Å². The van der Waals surface area contributed by atoms with Gasteiger partial charge in [0.05, 0.1) is 18.7 Å². The molecule has 0 bridgehead atoms. The molecule has 3 rings (SSSR count). The first kappa shape index (κ1) is 17.9. The number of nitrogens with zero attached hydrogens (tertiary/aromatic N) is 4. The van der Waals surface area contributed by atoms with E-state index < -0.39 is 0 Å². The smallest absolute Gasteiger partial charge is 0.226 e.